The van der Waals surface area contributed by atoms with E-state index < -0.39 is 0 Å². The first-order valence-electron chi connectivity index (χ1n) is 9.90. The SMILES string of the molecule is COc1cc(/C=C/CNCCc2ccc(/N=C(\N)c3cccs3)cc2)cc(OC)c1O. The summed E-state index contributed by atoms with van der Waals surface area (Å²) in [5.74, 6) is 1.32. The maximum atomic E-state index is 9.97. The Morgan fingerprint density at radius 1 is 1.13 bits per heavy atom. The van der Waals surface area contributed by atoms with Crippen LogP contribution in [0.15, 0.2) is 65.0 Å². The summed E-state index contributed by atoms with van der Waals surface area (Å²) < 4.78 is 10.4. The Labute approximate surface area is 186 Å². The molecule has 2 aromatic carbocycles. The van der Waals surface area contributed by atoms with Gasteiger partial charge in [0.25, 0.3) is 0 Å². The van der Waals surface area contributed by atoms with Crippen LogP contribution in [0.5, 0.6) is 17.2 Å². The molecule has 0 atom stereocenters. The first-order chi connectivity index (χ1) is 15.1. The number of aromatic hydroxyl groups is 1. The van der Waals surface area contributed by atoms with E-state index in [2.05, 4.69) is 22.4 Å². The van der Waals surface area contributed by atoms with Gasteiger partial charge in [0.1, 0.15) is 5.84 Å². The fourth-order valence-corrected chi connectivity index (χ4v) is 3.61. The minimum absolute atomic E-state index is 0.00573. The third kappa shape index (κ3) is 6.34. The molecule has 0 saturated heterocycles. The highest BCUT2D eigenvalue weighted by Crippen LogP contribution is 2.37. The first-order valence-corrected chi connectivity index (χ1v) is 10.8. The van der Waals surface area contributed by atoms with Crippen LogP contribution in [0, 0.1) is 0 Å². The Morgan fingerprint density at radius 3 is 2.45 bits per heavy atom. The van der Waals surface area contributed by atoms with Gasteiger partial charge < -0.3 is 25.6 Å². The minimum Gasteiger partial charge on any atom is -0.502 e. The highest BCUT2D eigenvalue weighted by Gasteiger charge is 2.09. The Bertz CT molecular complexity index is 1000. The van der Waals surface area contributed by atoms with Crippen LogP contribution in [0.3, 0.4) is 0 Å². The van der Waals surface area contributed by atoms with Crippen molar-refractivity contribution in [1.29, 1.82) is 0 Å². The number of thiophene rings is 1. The molecule has 0 fully saturated rings. The van der Waals surface area contributed by atoms with Crippen LogP contribution in [0.1, 0.15) is 16.0 Å². The number of amidine groups is 1. The average molecular weight is 438 g/mol. The van der Waals surface area contributed by atoms with E-state index in [1.807, 2.05) is 41.8 Å². The molecule has 1 aromatic heterocycles. The van der Waals surface area contributed by atoms with Gasteiger partial charge in [0.15, 0.2) is 11.5 Å². The summed E-state index contributed by atoms with van der Waals surface area (Å²) in [5.41, 5.74) is 9.02. The molecule has 0 amide bonds. The number of phenols is 1. The molecule has 0 aliphatic carbocycles. The Morgan fingerprint density at radius 2 is 1.84 bits per heavy atom. The lowest BCUT2D eigenvalue weighted by molar-refractivity contribution is 0.340. The monoisotopic (exact) mass is 437 g/mol. The lowest BCUT2D eigenvalue weighted by atomic mass is 10.1. The number of hydrogen-bond donors (Lipinski definition) is 3. The van der Waals surface area contributed by atoms with Gasteiger partial charge in [-0.1, -0.05) is 30.4 Å². The first kappa shape index (κ1) is 22.4. The molecule has 4 N–H and O–H groups in total. The third-order valence-electron chi connectivity index (χ3n) is 4.62. The second-order valence-corrected chi connectivity index (χ2v) is 7.72. The summed E-state index contributed by atoms with van der Waals surface area (Å²) in [6, 6.07) is 15.6. The molecule has 0 saturated carbocycles. The predicted octanol–water partition coefficient (Wildman–Crippen LogP) is 4.35. The van der Waals surface area contributed by atoms with Crippen molar-refractivity contribution in [2.45, 2.75) is 6.42 Å². The van der Waals surface area contributed by atoms with Crippen molar-refractivity contribution in [3.8, 4) is 17.2 Å². The number of nitrogens with one attached hydrogen (secondary N) is 1. The van der Waals surface area contributed by atoms with Crippen molar-refractivity contribution < 1.29 is 14.6 Å². The van der Waals surface area contributed by atoms with Gasteiger partial charge in [-0.2, -0.15) is 0 Å². The van der Waals surface area contributed by atoms with Crippen LogP contribution in [0.4, 0.5) is 5.69 Å². The van der Waals surface area contributed by atoms with Crippen LogP contribution in [0.2, 0.25) is 0 Å². The zero-order valence-corrected chi connectivity index (χ0v) is 18.5. The van der Waals surface area contributed by atoms with E-state index in [9.17, 15) is 5.11 Å². The smallest absolute Gasteiger partial charge is 0.200 e. The zero-order chi connectivity index (χ0) is 22.1. The van der Waals surface area contributed by atoms with Gasteiger partial charge in [0.2, 0.25) is 5.75 Å². The summed E-state index contributed by atoms with van der Waals surface area (Å²) in [7, 11) is 3.03. The van der Waals surface area contributed by atoms with Gasteiger partial charge in [-0.05, 0) is 59.8 Å². The van der Waals surface area contributed by atoms with E-state index >= 15 is 0 Å². The molecule has 3 rings (SSSR count). The summed E-state index contributed by atoms with van der Waals surface area (Å²) in [5, 5.41) is 15.3. The number of benzene rings is 2. The van der Waals surface area contributed by atoms with Crippen molar-refractivity contribution in [2.24, 2.45) is 10.7 Å². The average Bonchev–Trinajstić information content (AvgIpc) is 3.33. The molecule has 1 heterocycles. The molecular formula is C24H27N3O3S. The fraction of sp³-hybridized carbons (Fsp3) is 0.208. The number of methoxy groups -OCH3 is 2. The van der Waals surface area contributed by atoms with Crippen molar-refractivity contribution in [3.63, 3.8) is 0 Å². The normalized spacial score (nSPS) is 11.7. The molecule has 0 bridgehead atoms. The summed E-state index contributed by atoms with van der Waals surface area (Å²) in [6.45, 7) is 1.58. The maximum absolute atomic E-state index is 9.97. The van der Waals surface area contributed by atoms with Crippen molar-refractivity contribution in [1.82, 2.24) is 5.32 Å². The van der Waals surface area contributed by atoms with Crippen LogP contribution in [-0.4, -0.2) is 38.3 Å². The highest BCUT2D eigenvalue weighted by molar-refractivity contribution is 7.12. The van der Waals surface area contributed by atoms with Gasteiger partial charge in [0, 0.05) is 6.54 Å². The van der Waals surface area contributed by atoms with E-state index in [1.165, 1.54) is 19.8 Å². The molecule has 0 aliphatic heterocycles. The Kier molecular flexibility index (Phi) is 8.09. The van der Waals surface area contributed by atoms with E-state index in [-0.39, 0.29) is 5.75 Å². The van der Waals surface area contributed by atoms with Crippen LogP contribution in [-0.2, 0) is 6.42 Å². The molecule has 0 unspecified atom stereocenters. The molecule has 0 spiro atoms. The summed E-state index contributed by atoms with van der Waals surface area (Å²) >= 11 is 1.58. The minimum atomic E-state index is 0.00573. The molecule has 0 radical (unpaired) electrons. The van der Waals surface area contributed by atoms with Gasteiger partial charge >= 0.3 is 0 Å². The number of ether oxygens (including phenoxy) is 2. The Hall–Kier alpha value is -3.29. The molecule has 7 heteroatoms. The van der Waals surface area contributed by atoms with E-state index in [0.717, 1.165) is 35.6 Å². The molecule has 6 nitrogen and oxygen atoms in total. The zero-order valence-electron chi connectivity index (χ0n) is 17.7. The van der Waals surface area contributed by atoms with Gasteiger partial charge in [-0.25, -0.2) is 4.99 Å². The van der Waals surface area contributed by atoms with E-state index in [4.69, 9.17) is 15.2 Å². The van der Waals surface area contributed by atoms with Crippen LogP contribution in [0.25, 0.3) is 6.08 Å². The number of phenolic OH excluding ortho intramolecular Hbond substituents is 1. The largest absolute Gasteiger partial charge is 0.502 e. The lowest BCUT2D eigenvalue weighted by Gasteiger charge is -2.09. The van der Waals surface area contributed by atoms with Crippen molar-refractivity contribution in [3.05, 3.63) is 76.0 Å². The summed E-state index contributed by atoms with van der Waals surface area (Å²) in [6.07, 6.45) is 4.90. The molecule has 31 heavy (non-hydrogen) atoms. The van der Waals surface area contributed by atoms with E-state index in [1.54, 1.807) is 23.5 Å². The number of aliphatic imine (C=N–C) groups is 1. The Balaban J connectivity index is 1.45. The van der Waals surface area contributed by atoms with Crippen LogP contribution >= 0.6 is 11.3 Å². The molecular weight excluding hydrogens is 410 g/mol. The van der Waals surface area contributed by atoms with Gasteiger partial charge in [0.05, 0.1) is 24.8 Å². The second-order valence-electron chi connectivity index (χ2n) is 6.77. The number of nitrogens with zero attached hydrogens (tertiary/aromatic N) is 1. The standard InChI is InChI=1S/C24H27N3O3S/c1-29-20-15-18(16-21(30-2)23(20)28)5-3-12-26-13-11-17-7-9-19(10-8-17)27-24(25)22-6-4-14-31-22/h3-10,14-16,26,28H,11-13H2,1-2H3,(H2,25,27)/b5-3+. The van der Waals surface area contributed by atoms with E-state index in [0.29, 0.717) is 17.3 Å². The van der Waals surface area contributed by atoms with Crippen molar-refractivity contribution in [2.75, 3.05) is 27.3 Å². The summed E-state index contributed by atoms with van der Waals surface area (Å²) in [4.78, 5) is 5.45. The predicted molar refractivity (Wildman–Crippen MR) is 128 cm³/mol. The molecule has 3 aromatic rings. The highest BCUT2D eigenvalue weighted by atomic mass is 32.1. The quantitative estimate of drug-likeness (QED) is 0.249. The number of hydrogen-bond acceptors (Lipinski definition) is 6. The van der Waals surface area contributed by atoms with Gasteiger partial charge in [-0.15, -0.1) is 11.3 Å². The topological polar surface area (TPSA) is 89.1 Å². The second kappa shape index (κ2) is 11.2. The fourth-order valence-electron chi connectivity index (χ4n) is 2.98. The van der Waals surface area contributed by atoms with Crippen LogP contribution < -0.4 is 20.5 Å². The maximum Gasteiger partial charge on any atom is 0.200 e. The number of rotatable bonds is 10. The lowest BCUT2D eigenvalue weighted by Crippen LogP contribution is -2.16. The third-order valence-corrected chi connectivity index (χ3v) is 5.52. The number of nitrogens with two attached hydrogens (primary N) is 1. The van der Waals surface area contributed by atoms with Gasteiger partial charge in [-0.3, -0.25) is 0 Å². The van der Waals surface area contributed by atoms with Crippen molar-refractivity contribution >= 4 is 28.9 Å². The molecule has 0 aliphatic rings. The molecule has 162 valence electrons.